The number of piperidine rings is 1. The zero-order valence-corrected chi connectivity index (χ0v) is 14.2. The van der Waals surface area contributed by atoms with Crippen molar-refractivity contribution in [1.29, 1.82) is 0 Å². The number of aliphatic hydroxyl groups is 1. The molecule has 6 nitrogen and oxygen atoms in total. The molecule has 3 rings (SSSR count). The Hall–Kier alpha value is -2.48. The van der Waals surface area contributed by atoms with Crippen LogP contribution in [0, 0.1) is 0 Å². The number of aromatic nitrogens is 2. The van der Waals surface area contributed by atoms with Crippen LogP contribution in [0.25, 0.3) is 0 Å². The van der Waals surface area contributed by atoms with Gasteiger partial charge in [0.15, 0.2) is 0 Å². The molecule has 0 spiro atoms. The molecule has 1 atom stereocenters. The first-order chi connectivity index (χ1) is 12.6. The summed E-state index contributed by atoms with van der Waals surface area (Å²) < 4.78 is 30.8. The van der Waals surface area contributed by atoms with Crippen molar-refractivity contribution < 1.29 is 23.4 Å². The number of aliphatic hydroxyl groups excluding tert-OH is 1. The van der Waals surface area contributed by atoms with E-state index < -0.39 is 6.61 Å². The van der Waals surface area contributed by atoms with Gasteiger partial charge in [0.2, 0.25) is 0 Å². The molecule has 140 valence electrons. The summed E-state index contributed by atoms with van der Waals surface area (Å²) in [7, 11) is 0. The Morgan fingerprint density at radius 2 is 2.23 bits per heavy atom. The standard InChI is InChI=1S/C18H21F2N3O3/c19-18(20)26-15-5-1-3-13(11-15)17(25)22-7-2-4-14(12-22)16-6-8-23(21-16)9-10-24/h1,3,5-6,8,11,14,18,24H,2,4,7,9-10,12H2/t14-/m1/s1. The lowest BCUT2D eigenvalue weighted by Gasteiger charge is -2.32. The first-order valence-electron chi connectivity index (χ1n) is 8.55. The first-order valence-corrected chi connectivity index (χ1v) is 8.55. The van der Waals surface area contributed by atoms with E-state index in [2.05, 4.69) is 9.84 Å². The number of rotatable bonds is 6. The number of halogens is 2. The van der Waals surface area contributed by atoms with Gasteiger partial charge in [0.1, 0.15) is 5.75 Å². The molecular weight excluding hydrogens is 344 g/mol. The molecule has 2 aromatic rings. The number of carbonyl (C=O) groups excluding carboxylic acids is 1. The van der Waals surface area contributed by atoms with Crippen LogP contribution in [0.2, 0.25) is 0 Å². The molecule has 1 fully saturated rings. The fourth-order valence-corrected chi connectivity index (χ4v) is 3.21. The molecule has 1 amide bonds. The Morgan fingerprint density at radius 3 is 3.00 bits per heavy atom. The van der Waals surface area contributed by atoms with Gasteiger partial charge in [-0.1, -0.05) is 6.07 Å². The zero-order valence-electron chi connectivity index (χ0n) is 14.2. The summed E-state index contributed by atoms with van der Waals surface area (Å²) in [6.07, 6.45) is 3.59. The Kier molecular flexibility index (Phi) is 5.82. The van der Waals surface area contributed by atoms with Crippen molar-refractivity contribution in [2.45, 2.75) is 31.9 Å². The number of benzene rings is 1. The van der Waals surface area contributed by atoms with Crippen LogP contribution in [0.15, 0.2) is 36.5 Å². The molecule has 0 aliphatic carbocycles. The number of carbonyl (C=O) groups is 1. The van der Waals surface area contributed by atoms with Crippen molar-refractivity contribution in [2.75, 3.05) is 19.7 Å². The number of alkyl halides is 2. The second kappa shape index (κ2) is 8.27. The van der Waals surface area contributed by atoms with Gasteiger partial charge in [0.05, 0.1) is 18.8 Å². The molecule has 1 saturated heterocycles. The monoisotopic (exact) mass is 365 g/mol. The molecule has 1 aliphatic rings. The highest BCUT2D eigenvalue weighted by molar-refractivity contribution is 5.94. The quantitative estimate of drug-likeness (QED) is 0.854. The highest BCUT2D eigenvalue weighted by Gasteiger charge is 2.27. The van der Waals surface area contributed by atoms with Crippen LogP contribution in [-0.2, 0) is 6.54 Å². The highest BCUT2D eigenvalue weighted by Crippen LogP contribution is 2.27. The minimum Gasteiger partial charge on any atom is -0.435 e. The molecular formula is C18H21F2N3O3. The summed E-state index contributed by atoms with van der Waals surface area (Å²) in [5.41, 5.74) is 1.22. The third-order valence-electron chi connectivity index (χ3n) is 4.42. The molecule has 1 aromatic carbocycles. The van der Waals surface area contributed by atoms with Crippen molar-refractivity contribution in [2.24, 2.45) is 0 Å². The van der Waals surface area contributed by atoms with Gasteiger partial charge < -0.3 is 14.7 Å². The van der Waals surface area contributed by atoms with E-state index in [9.17, 15) is 13.6 Å². The fourth-order valence-electron chi connectivity index (χ4n) is 3.21. The van der Waals surface area contributed by atoms with E-state index in [1.165, 1.54) is 18.2 Å². The lowest BCUT2D eigenvalue weighted by molar-refractivity contribution is -0.0499. The predicted molar refractivity (Wildman–Crippen MR) is 90.3 cm³/mol. The van der Waals surface area contributed by atoms with Crippen LogP contribution >= 0.6 is 0 Å². The van der Waals surface area contributed by atoms with E-state index in [0.717, 1.165) is 18.5 Å². The Morgan fingerprint density at radius 1 is 1.38 bits per heavy atom. The van der Waals surface area contributed by atoms with Crippen molar-refractivity contribution in [3.05, 3.63) is 47.8 Å². The Labute approximate surface area is 150 Å². The predicted octanol–water partition coefficient (Wildman–Crippen LogP) is 2.50. The van der Waals surface area contributed by atoms with Gasteiger partial charge in [-0.3, -0.25) is 9.48 Å². The fraction of sp³-hybridized carbons (Fsp3) is 0.444. The number of hydrogen-bond donors (Lipinski definition) is 1. The number of likely N-dealkylation sites (tertiary alicyclic amines) is 1. The third-order valence-corrected chi connectivity index (χ3v) is 4.42. The summed E-state index contributed by atoms with van der Waals surface area (Å²) >= 11 is 0. The van der Waals surface area contributed by atoms with Crippen molar-refractivity contribution in [3.63, 3.8) is 0 Å². The number of ether oxygens (including phenoxy) is 1. The van der Waals surface area contributed by atoms with Gasteiger partial charge in [0.25, 0.3) is 5.91 Å². The largest absolute Gasteiger partial charge is 0.435 e. The highest BCUT2D eigenvalue weighted by atomic mass is 19.3. The lowest BCUT2D eigenvalue weighted by atomic mass is 9.94. The van der Waals surface area contributed by atoms with Crippen LogP contribution in [0.5, 0.6) is 5.75 Å². The normalized spacial score (nSPS) is 17.5. The van der Waals surface area contributed by atoms with E-state index in [4.69, 9.17) is 5.11 Å². The van der Waals surface area contributed by atoms with Gasteiger partial charge in [-0.25, -0.2) is 0 Å². The number of hydrogen-bond acceptors (Lipinski definition) is 4. The van der Waals surface area contributed by atoms with E-state index in [-0.39, 0.29) is 24.2 Å². The van der Waals surface area contributed by atoms with E-state index in [1.807, 2.05) is 12.3 Å². The molecule has 8 heteroatoms. The van der Waals surface area contributed by atoms with E-state index in [0.29, 0.717) is 25.2 Å². The van der Waals surface area contributed by atoms with Gasteiger partial charge in [-0.15, -0.1) is 0 Å². The van der Waals surface area contributed by atoms with Crippen molar-refractivity contribution >= 4 is 5.91 Å². The number of nitrogens with zero attached hydrogens (tertiary/aromatic N) is 3. The van der Waals surface area contributed by atoms with Crippen LogP contribution in [0.3, 0.4) is 0 Å². The molecule has 2 heterocycles. The van der Waals surface area contributed by atoms with Gasteiger partial charge in [-0.05, 0) is 37.1 Å². The van der Waals surface area contributed by atoms with E-state index in [1.54, 1.807) is 15.6 Å². The van der Waals surface area contributed by atoms with Crippen LogP contribution < -0.4 is 4.74 Å². The Bertz CT molecular complexity index is 751. The molecule has 0 unspecified atom stereocenters. The van der Waals surface area contributed by atoms with Crippen molar-refractivity contribution in [3.8, 4) is 5.75 Å². The topological polar surface area (TPSA) is 67.6 Å². The average Bonchev–Trinajstić information content (AvgIpc) is 3.10. The Balaban J connectivity index is 1.69. The molecule has 1 aromatic heterocycles. The smallest absolute Gasteiger partial charge is 0.387 e. The minimum atomic E-state index is -2.92. The molecule has 0 bridgehead atoms. The average molecular weight is 365 g/mol. The van der Waals surface area contributed by atoms with Crippen molar-refractivity contribution in [1.82, 2.24) is 14.7 Å². The van der Waals surface area contributed by atoms with Gasteiger partial charge in [0, 0.05) is 30.8 Å². The van der Waals surface area contributed by atoms with Crippen LogP contribution in [0.1, 0.15) is 34.8 Å². The lowest BCUT2D eigenvalue weighted by Crippen LogP contribution is -2.39. The second-order valence-corrected chi connectivity index (χ2v) is 6.22. The summed E-state index contributed by atoms with van der Waals surface area (Å²) in [6, 6.07) is 7.78. The minimum absolute atomic E-state index is 0.0213. The van der Waals surface area contributed by atoms with Gasteiger partial charge >= 0.3 is 6.61 Å². The van der Waals surface area contributed by atoms with Crippen LogP contribution in [0.4, 0.5) is 8.78 Å². The maximum absolute atomic E-state index is 12.7. The third kappa shape index (κ3) is 4.37. The SMILES string of the molecule is O=C(c1cccc(OC(F)F)c1)N1CCC[C@@H](c2ccn(CCO)n2)C1. The first kappa shape index (κ1) is 18.3. The summed E-state index contributed by atoms with van der Waals surface area (Å²) in [5, 5.41) is 13.4. The van der Waals surface area contributed by atoms with E-state index >= 15 is 0 Å². The number of amides is 1. The molecule has 1 N–H and O–H groups in total. The summed E-state index contributed by atoms with van der Waals surface area (Å²) in [5.74, 6) is -0.112. The van der Waals surface area contributed by atoms with Crippen LogP contribution in [-0.4, -0.2) is 52.0 Å². The maximum Gasteiger partial charge on any atom is 0.387 e. The zero-order chi connectivity index (χ0) is 18.5. The molecule has 0 radical (unpaired) electrons. The summed E-state index contributed by atoms with van der Waals surface area (Å²) in [4.78, 5) is 14.5. The summed E-state index contributed by atoms with van der Waals surface area (Å²) in [6.45, 7) is -1.32. The molecule has 0 saturated carbocycles. The maximum atomic E-state index is 12.7. The van der Waals surface area contributed by atoms with Gasteiger partial charge in [-0.2, -0.15) is 13.9 Å². The molecule has 1 aliphatic heterocycles. The second-order valence-electron chi connectivity index (χ2n) is 6.22. The molecule has 26 heavy (non-hydrogen) atoms.